The molecule has 0 radical (unpaired) electrons. The monoisotopic (exact) mass is 481 g/mol. The Labute approximate surface area is 195 Å². The van der Waals surface area contributed by atoms with E-state index in [-0.39, 0.29) is 23.0 Å². The molecule has 8 nitrogen and oxygen atoms in total. The highest BCUT2D eigenvalue weighted by Crippen LogP contribution is 2.32. The first-order valence-corrected chi connectivity index (χ1v) is 12.8. The van der Waals surface area contributed by atoms with E-state index in [4.69, 9.17) is 5.73 Å². The Hall–Kier alpha value is -3.21. The molecule has 3 aromatic heterocycles. The number of nitrogens with two attached hydrogens (primary N) is 1. The van der Waals surface area contributed by atoms with Gasteiger partial charge < -0.3 is 15.6 Å². The van der Waals surface area contributed by atoms with E-state index in [0.717, 1.165) is 22.1 Å². The van der Waals surface area contributed by atoms with Crippen molar-refractivity contribution in [3.63, 3.8) is 0 Å². The van der Waals surface area contributed by atoms with Crippen LogP contribution in [0.5, 0.6) is 0 Å². The van der Waals surface area contributed by atoms with Crippen molar-refractivity contribution < 1.29 is 13.2 Å². The summed E-state index contributed by atoms with van der Waals surface area (Å²) in [4.78, 5) is 17.5. The number of nitrogens with zero attached hydrogens (tertiary/aromatic N) is 3. The van der Waals surface area contributed by atoms with Gasteiger partial charge in [0.15, 0.2) is 0 Å². The van der Waals surface area contributed by atoms with Crippen LogP contribution in [0.4, 0.5) is 5.69 Å². The number of hydrogen-bond donors (Lipinski definition) is 2. The van der Waals surface area contributed by atoms with E-state index in [1.54, 1.807) is 42.1 Å². The van der Waals surface area contributed by atoms with Crippen molar-refractivity contribution in [3.05, 3.63) is 75.4 Å². The van der Waals surface area contributed by atoms with Crippen LogP contribution in [0.15, 0.2) is 52.2 Å². The number of carbonyl (C=O) groups is 1. The van der Waals surface area contributed by atoms with Crippen molar-refractivity contribution in [2.45, 2.75) is 31.5 Å². The summed E-state index contributed by atoms with van der Waals surface area (Å²) in [5.74, 6) is -0.351. The van der Waals surface area contributed by atoms with Crippen LogP contribution >= 0.6 is 11.3 Å². The number of nitrogen functional groups attached to an aromatic ring is 1. The van der Waals surface area contributed by atoms with Crippen molar-refractivity contribution in [3.8, 4) is 0 Å². The number of benzene rings is 1. The van der Waals surface area contributed by atoms with E-state index < -0.39 is 10.0 Å². The Kier molecular flexibility index (Phi) is 5.23. The number of pyridine rings is 1. The zero-order valence-corrected chi connectivity index (χ0v) is 19.8. The molecule has 1 aromatic carbocycles. The number of aromatic nitrogens is 2. The fourth-order valence-corrected chi connectivity index (χ4v) is 6.71. The number of hydrogen-bond acceptors (Lipinski definition) is 6. The smallest absolute Gasteiger partial charge is 0.268 e. The number of fused-ring (bicyclic) bond motifs is 2. The Morgan fingerprint density at radius 2 is 1.94 bits per heavy atom. The van der Waals surface area contributed by atoms with Crippen LogP contribution in [0, 0.1) is 6.92 Å². The van der Waals surface area contributed by atoms with Gasteiger partial charge in [-0.15, -0.1) is 0 Å². The Morgan fingerprint density at radius 1 is 1.21 bits per heavy atom. The summed E-state index contributed by atoms with van der Waals surface area (Å²) in [6, 6.07) is 8.82. The van der Waals surface area contributed by atoms with Crippen LogP contribution in [0.25, 0.3) is 10.9 Å². The summed E-state index contributed by atoms with van der Waals surface area (Å²) in [6.07, 6.45) is 1.68. The predicted molar refractivity (Wildman–Crippen MR) is 128 cm³/mol. The van der Waals surface area contributed by atoms with Gasteiger partial charge in [0.05, 0.1) is 11.2 Å². The molecule has 4 heterocycles. The largest absolute Gasteiger partial charge is 0.397 e. The van der Waals surface area contributed by atoms with Crippen molar-refractivity contribution in [1.29, 1.82) is 0 Å². The summed E-state index contributed by atoms with van der Waals surface area (Å²) >= 11 is 1.58. The molecule has 5 rings (SSSR count). The van der Waals surface area contributed by atoms with Crippen LogP contribution in [0.1, 0.15) is 32.9 Å². The number of rotatable bonds is 5. The number of nitrogens with one attached hydrogen (secondary N) is 1. The minimum absolute atomic E-state index is 0.158. The molecule has 0 aliphatic carbocycles. The first kappa shape index (κ1) is 21.6. The third kappa shape index (κ3) is 3.60. The first-order chi connectivity index (χ1) is 15.8. The van der Waals surface area contributed by atoms with Crippen LogP contribution < -0.4 is 11.1 Å². The highest BCUT2D eigenvalue weighted by molar-refractivity contribution is 7.89. The standard InChI is InChI=1S/C23H23N5O3S2/c1-14-21(33(30,31)28-10-16-12-32-13-17(16)11-28)8-20(27(14)2)23(29)26-9-15-5-6-19(24)22-18(15)4-3-7-25-22/h3-8,12-13H,9-11,24H2,1-2H3,(H,26,29). The van der Waals surface area contributed by atoms with E-state index >= 15 is 0 Å². The number of amides is 1. The summed E-state index contributed by atoms with van der Waals surface area (Å²) in [5, 5.41) is 7.74. The molecule has 10 heteroatoms. The number of carbonyl (C=O) groups excluding carboxylic acids is 1. The molecule has 33 heavy (non-hydrogen) atoms. The highest BCUT2D eigenvalue weighted by atomic mass is 32.2. The number of sulfonamides is 1. The maximum absolute atomic E-state index is 13.3. The van der Waals surface area contributed by atoms with Crippen LogP contribution in [-0.2, 0) is 36.7 Å². The second-order valence-electron chi connectivity index (χ2n) is 8.13. The van der Waals surface area contributed by atoms with Gasteiger partial charge in [-0.3, -0.25) is 9.78 Å². The lowest BCUT2D eigenvalue weighted by atomic mass is 10.1. The van der Waals surface area contributed by atoms with Gasteiger partial charge in [-0.2, -0.15) is 15.6 Å². The van der Waals surface area contributed by atoms with Crippen LogP contribution in [0.2, 0.25) is 0 Å². The molecule has 0 bridgehead atoms. The van der Waals surface area contributed by atoms with Crippen LogP contribution in [0.3, 0.4) is 0 Å². The lowest BCUT2D eigenvalue weighted by molar-refractivity contribution is 0.0942. The lowest BCUT2D eigenvalue weighted by Gasteiger charge is -2.15. The fraction of sp³-hybridized carbons (Fsp3) is 0.217. The highest BCUT2D eigenvalue weighted by Gasteiger charge is 2.34. The van der Waals surface area contributed by atoms with Gasteiger partial charge >= 0.3 is 0 Å². The summed E-state index contributed by atoms with van der Waals surface area (Å²) < 4.78 is 29.7. The van der Waals surface area contributed by atoms with E-state index in [2.05, 4.69) is 10.3 Å². The molecule has 1 aliphatic rings. The molecular weight excluding hydrogens is 458 g/mol. The Bertz CT molecular complexity index is 1480. The van der Waals surface area contributed by atoms with Gasteiger partial charge in [0, 0.05) is 44.0 Å². The molecule has 1 aliphatic heterocycles. The fourth-order valence-electron chi connectivity index (χ4n) is 4.20. The second kappa shape index (κ2) is 7.98. The van der Waals surface area contributed by atoms with Gasteiger partial charge in [0.25, 0.3) is 5.91 Å². The van der Waals surface area contributed by atoms with Crippen molar-refractivity contribution in [2.75, 3.05) is 5.73 Å². The molecule has 0 unspecified atom stereocenters. The maximum atomic E-state index is 13.3. The molecule has 170 valence electrons. The zero-order chi connectivity index (χ0) is 23.3. The molecule has 1 amide bonds. The minimum Gasteiger partial charge on any atom is -0.397 e. The minimum atomic E-state index is -3.73. The summed E-state index contributed by atoms with van der Waals surface area (Å²) in [5.41, 5.74) is 11.0. The molecule has 0 atom stereocenters. The van der Waals surface area contributed by atoms with E-state index in [1.807, 2.05) is 29.0 Å². The van der Waals surface area contributed by atoms with Gasteiger partial charge in [0.2, 0.25) is 10.0 Å². The summed E-state index contributed by atoms with van der Waals surface area (Å²) in [6.45, 7) is 2.69. The molecule has 3 N–H and O–H groups in total. The van der Waals surface area contributed by atoms with Gasteiger partial charge in [-0.25, -0.2) is 8.42 Å². The Morgan fingerprint density at radius 3 is 2.67 bits per heavy atom. The topological polar surface area (TPSA) is 110 Å². The maximum Gasteiger partial charge on any atom is 0.268 e. The number of thiophene rings is 1. The zero-order valence-electron chi connectivity index (χ0n) is 18.2. The van der Waals surface area contributed by atoms with Crippen molar-refractivity contribution >= 4 is 43.9 Å². The number of anilines is 1. The molecule has 0 saturated carbocycles. The SMILES string of the molecule is Cc1c(S(=O)(=O)N2Cc3cscc3C2)cc(C(=O)NCc2ccc(N)c3ncccc23)n1C. The molecule has 0 spiro atoms. The average molecular weight is 482 g/mol. The second-order valence-corrected chi connectivity index (χ2v) is 10.8. The van der Waals surface area contributed by atoms with E-state index in [1.165, 1.54) is 10.4 Å². The molecular formula is C23H23N5O3S2. The van der Waals surface area contributed by atoms with Crippen molar-refractivity contribution in [2.24, 2.45) is 7.05 Å². The quantitative estimate of drug-likeness (QED) is 0.426. The van der Waals surface area contributed by atoms with Gasteiger partial charge in [0.1, 0.15) is 10.6 Å². The average Bonchev–Trinajstić information content (AvgIpc) is 3.48. The van der Waals surface area contributed by atoms with Gasteiger partial charge in [-0.05, 0) is 52.6 Å². The van der Waals surface area contributed by atoms with E-state index in [0.29, 0.717) is 30.0 Å². The normalized spacial score (nSPS) is 14.0. The van der Waals surface area contributed by atoms with Crippen LogP contribution in [-0.4, -0.2) is 28.2 Å². The van der Waals surface area contributed by atoms with E-state index in [9.17, 15) is 13.2 Å². The molecule has 0 fully saturated rings. The first-order valence-electron chi connectivity index (χ1n) is 10.4. The van der Waals surface area contributed by atoms with Crippen molar-refractivity contribution in [1.82, 2.24) is 19.2 Å². The third-order valence-electron chi connectivity index (χ3n) is 6.20. The molecule has 4 aromatic rings. The van der Waals surface area contributed by atoms with Gasteiger partial charge in [-0.1, -0.05) is 12.1 Å². The summed E-state index contributed by atoms with van der Waals surface area (Å²) in [7, 11) is -2.03. The Balaban J connectivity index is 1.39. The predicted octanol–water partition coefficient (Wildman–Crippen LogP) is 3.16. The molecule has 0 saturated heterocycles. The third-order valence-corrected chi connectivity index (χ3v) is 8.94. The lowest BCUT2D eigenvalue weighted by Crippen LogP contribution is -2.26.